The molecule has 3 aromatic rings. The first-order chi connectivity index (χ1) is 12.5. The Morgan fingerprint density at radius 3 is 2.77 bits per heavy atom. The van der Waals surface area contributed by atoms with Crippen molar-refractivity contribution in [3.8, 4) is 5.75 Å². The molecule has 0 aliphatic carbocycles. The van der Waals surface area contributed by atoms with Crippen molar-refractivity contribution < 1.29 is 9.53 Å². The number of aromatic nitrogens is 1. The molecule has 0 spiro atoms. The Balaban J connectivity index is 1.71. The van der Waals surface area contributed by atoms with Gasteiger partial charge in [0.2, 0.25) is 0 Å². The fraction of sp³-hybridized carbons (Fsp3) is 0.211. The lowest BCUT2D eigenvalue weighted by atomic mass is 9.94. The van der Waals surface area contributed by atoms with Crippen LogP contribution in [0.2, 0.25) is 5.02 Å². The Kier molecular flexibility index (Phi) is 4.53. The third kappa shape index (κ3) is 3.14. The highest BCUT2D eigenvalue weighted by molar-refractivity contribution is 6.31. The van der Waals surface area contributed by atoms with E-state index in [9.17, 15) is 4.79 Å². The normalized spacial score (nSPS) is 17.2. The molecule has 2 heterocycles. The fourth-order valence-corrected chi connectivity index (χ4v) is 3.93. The number of nitrogens with two attached hydrogens (primary N) is 1. The Morgan fingerprint density at radius 2 is 2.04 bits per heavy atom. The van der Waals surface area contributed by atoms with Crippen molar-refractivity contribution >= 4 is 40.2 Å². The van der Waals surface area contributed by atoms with Crippen LogP contribution in [-0.4, -0.2) is 28.5 Å². The molecule has 134 valence electrons. The van der Waals surface area contributed by atoms with E-state index in [0.717, 1.165) is 40.1 Å². The van der Waals surface area contributed by atoms with Crippen LogP contribution in [0.4, 0.5) is 0 Å². The van der Waals surface area contributed by atoms with Gasteiger partial charge in [-0.15, -0.1) is 0 Å². The molecule has 3 N–H and O–H groups in total. The van der Waals surface area contributed by atoms with E-state index in [2.05, 4.69) is 4.98 Å². The summed E-state index contributed by atoms with van der Waals surface area (Å²) in [7, 11) is 0. The summed E-state index contributed by atoms with van der Waals surface area (Å²) in [6.45, 7) is 0.593. The van der Waals surface area contributed by atoms with E-state index in [1.807, 2.05) is 42.5 Å². The topological polar surface area (TPSA) is 71.4 Å². The molecule has 0 saturated carbocycles. The van der Waals surface area contributed by atoms with E-state index in [4.69, 9.17) is 33.8 Å². The zero-order valence-electron chi connectivity index (χ0n) is 13.8. The lowest BCUT2D eigenvalue weighted by molar-refractivity contribution is -0.119. The number of carbonyl (C=O) groups is 1. The lowest BCUT2D eigenvalue weighted by Crippen LogP contribution is -2.28. The molecule has 4 rings (SSSR count). The molecule has 1 unspecified atom stereocenters. The Morgan fingerprint density at radius 1 is 1.27 bits per heavy atom. The summed E-state index contributed by atoms with van der Waals surface area (Å²) < 4.78 is 7.13. The smallest absolute Gasteiger partial charge is 0.255 e. The predicted octanol–water partition coefficient (Wildman–Crippen LogP) is 3.79. The summed E-state index contributed by atoms with van der Waals surface area (Å²) in [5, 5.41) is 1.86. The van der Waals surface area contributed by atoms with E-state index in [1.54, 1.807) is 4.42 Å². The van der Waals surface area contributed by atoms with Crippen molar-refractivity contribution in [1.82, 2.24) is 9.40 Å². The van der Waals surface area contributed by atoms with Gasteiger partial charge in [0.15, 0.2) is 6.61 Å². The van der Waals surface area contributed by atoms with Crippen LogP contribution in [0.25, 0.3) is 10.9 Å². The minimum Gasteiger partial charge on any atom is -0.484 e. The summed E-state index contributed by atoms with van der Waals surface area (Å²) in [5.74, 6) is 0.0859. The largest absolute Gasteiger partial charge is 0.484 e. The molecule has 1 aliphatic heterocycles. The first-order valence-corrected chi connectivity index (χ1v) is 8.98. The second-order valence-electron chi connectivity index (χ2n) is 6.31. The Bertz CT molecular complexity index is 969. The highest BCUT2D eigenvalue weighted by atomic mass is 35.5. The zero-order valence-corrected chi connectivity index (χ0v) is 15.3. The standard InChI is InChI=1S/C19H17Cl2N3O2/c20-12-3-6-16-15(9-12)14-7-8-24(21)19(18(14)23-16)11-1-4-13(5-2-11)26-10-17(22)25/h1-6,9,19,23H,7-8,10H2,(H2,22,25). The van der Waals surface area contributed by atoms with Gasteiger partial charge in [-0.1, -0.05) is 23.7 Å². The molecule has 1 aromatic heterocycles. The summed E-state index contributed by atoms with van der Waals surface area (Å²) >= 11 is 12.7. The molecule has 0 radical (unpaired) electrons. The van der Waals surface area contributed by atoms with Crippen LogP contribution in [0, 0.1) is 0 Å². The number of nitrogens with one attached hydrogen (secondary N) is 1. The van der Waals surface area contributed by atoms with Gasteiger partial charge in [-0.05, 0) is 59.7 Å². The summed E-state index contributed by atoms with van der Waals surface area (Å²) in [6, 6.07) is 13.3. The third-order valence-corrected chi connectivity index (χ3v) is 5.21. The van der Waals surface area contributed by atoms with Crippen LogP contribution in [-0.2, 0) is 11.2 Å². The van der Waals surface area contributed by atoms with Crippen molar-refractivity contribution in [1.29, 1.82) is 0 Å². The number of fused-ring (bicyclic) bond motifs is 3. The minimum absolute atomic E-state index is 0.100. The maximum atomic E-state index is 10.8. The molecular formula is C19H17Cl2N3O2. The monoisotopic (exact) mass is 389 g/mol. The molecule has 2 aromatic carbocycles. The number of aromatic amines is 1. The van der Waals surface area contributed by atoms with E-state index in [1.165, 1.54) is 5.56 Å². The van der Waals surface area contributed by atoms with Gasteiger partial charge in [-0.2, -0.15) is 0 Å². The van der Waals surface area contributed by atoms with Gasteiger partial charge in [0.1, 0.15) is 5.75 Å². The Hall–Kier alpha value is -2.21. The quantitative estimate of drug-likeness (QED) is 0.666. The molecule has 1 amide bonds. The molecule has 26 heavy (non-hydrogen) atoms. The van der Waals surface area contributed by atoms with Crippen molar-refractivity contribution in [2.45, 2.75) is 12.5 Å². The number of hydrogen-bond acceptors (Lipinski definition) is 3. The van der Waals surface area contributed by atoms with Gasteiger partial charge in [0.25, 0.3) is 5.91 Å². The molecule has 0 bridgehead atoms. The average molecular weight is 390 g/mol. The number of nitrogens with zero attached hydrogens (tertiary/aromatic N) is 1. The van der Waals surface area contributed by atoms with Crippen LogP contribution in [0.3, 0.4) is 0 Å². The predicted molar refractivity (Wildman–Crippen MR) is 103 cm³/mol. The fourth-order valence-electron chi connectivity index (χ4n) is 3.46. The second kappa shape index (κ2) is 6.83. The van der Waals surface area contributed by atoms with E-state index in [0.29, 0.717) is 5.75 Å². The Labute approximate surface area is 160 Å². The van der Waals surface area contributed by atoms with Gasteiger partial charge >= 0.3 is 0 Å². The van der Waals surface area contributed by atoms with Crippen LogP contribution in [0.5, 0.6) is 5.75 Å². The van der Waals surface area contributed by atoms with Gasteiger partial charge in [-0.25, -0.2) is 4.42 Å². The van der Waals surface area contributed by atoms with Crippen molar-refractivity contribution in [2.75, 3.05) is 13.2 Å². The number of primary amides is 1. The van der Waals surface area contributed by atoms with Gasteiger partial charge in [-0.3, -0.25) is 4.79 Å². The van der Waals surface area contributed by atoms with Crippen LogP contribution < -0.4 is 10.5 Å². The molecule has 5 nitrogen and oxygen atoms in total. The molecule has 0 saturated heterocycles. The second-order valence-corrected chi connectivity index (χ2v) is 7.18. The molecule has 1 atom stereocenters. The van der Waals surface area contributed by atoms with Crippen molar-refractivity contribution in [3.05, 3.63) is 64.3 Å². The van der Waals surface area contributed by atoms with E-state index >= 15 is 0 Å². The number of amides is 1. The van der Waals surface area contributed by atoms with Crippen LogP contribution in [0.1, 0.15) is 22.9 Å². The number of hydrogen-bond donors (Lipinski definition) is 2. The summed E-state index contributed by atoms with van der Waals surface area (Å²) in [5.41, 5.74) is 9.52. The minimum atomic E-state index is -0.505. The molecular weight excluding hydrogens is 373 g/mol. The van der Waals surface area contributed by atoms with E-state index in [-0.39, 0.29) is 12.6 Å². The first-order valence-electron chi connectivity index (χ1n) is 8.26. The lowest BCUT2D eigenvalue weighted by Gasteiger charge is -2.30. The van der Waals surface area contributed by atoms with Crippen molar-refractivity contribution in [3.63, 3.8) is 0 Å². The highest BCUT2D eigenvalue weighted by Crippen LogP contribution is 2.40. The number of carbonyl (C=O) groups excluding carboxylic acids is 1. The highest BCUT2D eigenvalue weighted by Gasteiger charge is 2.30. The summed E-state index contributed by atoms with van der Waals surface area (Å²) in [6.07, 6.45) is 0.857. The van der Waals surface area contributed by atoms with Gasteiger partial charge in [0, 0.05) is 28.2 Å². The van der Waals surface area contributed by atoms with Crippen LogP contribution >= 0.6 is 23.4 Å². The van der Waals surface area contributed by atoms with Crippen LogP contribution in [0.15, 0.2) is 42.5 Å². The van der Waals surface area contributed by atoms with Gasteiger partial charge in [0.05, 0.1) is 6.04 Å². The number of ether oxygens (including phenoxy) is 1. The first kappa shape index (κ1) is 17.2. The van der Waals surface area contributed by atoms with Gasteiger partial charge < -0.3 is 15.5 Å². The number of rotatable bonds is 4. The number of benzene rings is 2. The SMILES string of the molecule is NC(=O)COc1ccc(C2c3[nH]c4ccc(Cl)cc4c3CCN2Cl)cc1. The molecule has 7 heteroatoms. The average Bonchev–Trinajstić information content (AvgIpc) is 2.98. The summed E-state index contributed by atoms with van der Waals surface area (Å²) in [4.78, 5) is 14.3. The third-order valence-electron chi connectivity index (χ3n) is 4.61. The van der Waals surface area contributed by atoms with E-state index < -0.39 is 5.91 Å². The molecule has 0 fully saturated rings. The maximum Gasteiger partial charge on any atom is 0.255 e. The maximum absolute atomic E-state index is 10.8. The molecule has 1 aliphatic rings. The zero-order chi connectivity index (χ0) is 18.3. The number of halogens is 2. The van der Waals surface area contributed by atoms with Crippen molar-refractivity contribution in [2.24, 2.45) is 5.73 Å². The number of H-pyrrole nitrogens is 1.